The second kappa shape index (κ2) is 10.1. The van der Waals surface area contributed by atoms with Gasteiger partial charge in [0, 0.05) is 18.3 Å². The first-order valence-electron chi connectivity index (χ1n) is 8.23. The van der Waals surface area contributed by atoms with Gasteiger partial charge in [-0.2, -0.15) is 0 Å². The molecule has 2 aromatic carbocycles. The van der Waals surface area contributed by atoms with Crippen molar-refractivity contribution in [1.29, 1.82) is 0 Å². The van der Waals surface area contributed by atoms with Gasteiger partial charge in [0.1, 0.15) is 5.75 Å². The molecule has 0 unspecified atom stereocenters. The van der Waals surface area contributed by atoms with Gasteiger partial charge in [0.05, 0.1) is 6.61 Å². The first-order chi connectivity index (χ1) is 11.7. The maximum Gasteiger partial charge on any atom is 0.243 e. The van der Waals surface area contributed by atoms with Crippen molar-refractivity contribution in [1.82, 2.24) is 5.32 Å². The molecule has 3 N–H and O–H groups in total. The van der Waals surface area contributed by atoms with Crippen LogP contribution in [0, 0.1) is 0 Å². The Bertz CT molecular complexity index is 636. The number of hydrogen-bond donors (Lipinski definition) is 2. The summed E-state index contributed by atoms with van der Waals surface area (Å²) in [5.74, 6) is 0.778. The molecule has 2 rings (SSSR count). The van der Waals surface area contributed by atoms with Gasteiger partial charge < -0.3 is 15.8 Å². The van der Waals surface area contributed by atoms with Gasteiger partial charge in [-0.1, -0.05) is 30.3 Å². The third-order valence-corrected chi connectivity index (χ3v) is 3.50. The van der Waals surface area contributed by atoms with Crippen LogP contribution in [0.5, 0.6) is 5.75 Å². The fraction of sp³-hybridized carbons (Fsp3) is 0.250. The number of hydrogen-bond acceptors (Lipinski definition) is 3. The molecule has 2 aromatic rings. The Balaban J connectivity index is 1.51. The molecule has 4 nitrogen and oxygen atoms in total. The van der Waals surface area contributed by atoms with Crippen LogP contribution in [0.15, 0.2) is 60.7 Å². The van der Waals surface area contributed by atoms with Crippen molar-refractivity contribution in [3.8, 4) is 5.75 Å². The number of nitrogen functional groups attached to an aromatic ring is 1. The normalized spacial score (nSPS) is 10.7. The second-order valence-electron chi connectivity index (χ2n) is 5.51. The summed E-state index contributed by atoms with van der Waals surface area (Å²) in [5.41, 5.74) is 7.38. The molecule has 0 fully saturated rings. The van der Waals surface area contributed by atoms with Crippen LogP contribution in [-0.2, 0) is 4.79 Å². The van der Waals surface area contributed by atoms with E-state index in [1.54, 1.807) is 6.08 Å². The molecule has 0 aliphatic heterocycles. The molecule has 0 aromatic heterocycles. The number of carbonyl (C=O) groups excluding carboxylic acids is 1. The van der Waals surface area contributed by atoms with E-state index in [1.807, 2.05) is 60.7 Å². The van der Waals surface area contributed by atoms with Crippen LogP contribution in [0.3, 0.4) is 0 Å². The molecule has 0 aliphatic rings. The zero-order chi connectivity index (χ0) is 17.0. The SMILES string of the molecule is Nc1ccc(OCCCCCNC(=O)C=Cc2ccccc2)cc1. The number of benzene rings is 2. The van der Waals surface area contributed by atoms with E-state index in [9.17, 15) is 4.79 Å². The maximum absolute atomic E-state index is 11.7. The zero-order valence-corrected chi connectivity index (χ0v) is 13.8. The summed E-state index contributed by atoms with van der Waals surface area (Å²) in [4.78, 5) is 11.7. The fourth-order valence-corrected chi connectivity index (χ4v) is 2.16. The van der Waals surface area contributed by atoms with E-state index in [2.05, 4.69) is 5.32 Å². The molecule has 4 heteroatoms. The lowest BCUT2D eigenvalue weighted by Crippen LogP contribution is -2.22. The van der Waals surface area contributed by atoms with Crippen LogP contribution >= 0.6 is 0 Å². The first kappa shape index (κ1) is 17.6. The van der Waals surface area contributed by atoms with Gasteiger partial charge in [0.25, 0.3) is 0 Å². The van der Waals surface area contributed by atoms with Gasteiger partial charge in [-0.3, -0.25) is 4.79 Å². The van der Waals surface area contributed by atoms with E-state index in [0.717, 1.165) is 36.3 Å². The van der Waals surface area contributed by atoms with Crippen molar-refractivity contribution in [3.63, 3.8) is 0 Å². The van der Waals surface area contributed by atoms with Crippen LogP contribution in [0.2, 0.25) is 0 Å². The third kappa shape index (κ3) is 7.01. The molecule has 0 saturated heterocycles. The molecule has 0 atom stereocenters. The predicted octanol–water partition coefficient (Wildman–Crippen LogP) is 3.65. The number of nitrogens with two attached hydrogens (primary N) is 1. The highest BCUT2D eigenvalue weighted by atomic mass is 16.5. The van der Waals surface area contributed by atoms with Crippen molar-refractivity contribution < 1.29 is 9.53 Å². The molecule has 126 valence electrons. The molecular weight excluding hydrogens is 300 g/mol. The number of ether oxygens (including phenoxy) is 1. The van der Waals surface area contributed by atoms with Crippen LogP contribution in [0.4, 0.5) is 5.69 Å². The minimum atomic E-state index is -0.0584. The van der Waals surface area contributed by atoms with E-state index in [4.69, 9.17) is 10.5 Å². The lowest BCUT2D eigenvalue weighted by molar-refractivity contribution is -0.116. The van der Waals surface area contributed by atoms with Crippen molar-refractivity contribution in [3.05, 3.63) is 66.2 Å². The van der Waals surface area contributed by atoms with Gasteiger partial charge in [0.15, 0.2) is 0 Å². The summed E-state index contributed by atoms with van der Waals surface area (Å²) in [7, 11) is 0. The number of unbranched alkanes of at least 4 members (excludes halogenated alkanes) is 2. The van der Waals surface area contributed by atoms with Gasteiger partial charge in [0.2, 0.25) is 5.91 Å². The number of anilines is 1. The van der Waals surface area contributed by atoms with Crippen LogP contribution in [-0.4, -0.2) is 19.1 Å². The Morgan fingerprint density at radius 1 is 1.00 bits per heavy atom. The predicted molar refractivity (Wildman–Crippen MR) is 98.7 cm³/mol. The molecular formula is C20H24N2O2. The van der Waals surface area contributed by atoms with Crippen molar-refractivity contribution >= 4 is 17.7 Å². The molecule has 0 aliphatic carbocycles. The van der Waals surface area contributed by atoms with E-state index in [-0.39, 0.29) is 5.91 Å². The monoisotopic (exact) mass is 324 g/mol. The molecule has 0 spiro atoms. The average Bonchev–Trinajstić information content (AvgIpc) is 2.61. The quantitative estimate of drug-likeness (QED) is 0.420. The van der Waals surface area contributed by atoms with Crippen LogP contribution < -0.4 is 15.8 Å². The zero-order valence-electron chi connectivity index (χ0n) is 13.8. The summed E-state index contributed by atoms with van der Waals surface area (Å²) in [5, 5.41) is 2.89. The average molecular weight is 324 g/mol. The highest BCUT2D eigenvalue weighted by molar-refractivity contribution is 5.91. The van der Waals surface area contributed by atoms with Gasteiger partial charge >= 0.3 is 0 Å². The van der Waals surface area contributed by atoms with E-state index < -0.39 is 0 Å². The molecule has 1 amide bonds. The largest absolute Gasteiger partial charge is 0.494 e. The summed E-state index contributed by atoms with van der Waals surface area (Å²) in [6.45, 7) is 1.35. The Hall–Kier alpha value is -2.75. The van der Waals surface area contributed by atoms with Crippen LogP contribution in [0.25, 0.3) is 6.08 Å². The minimum absolute atomic E-state index is 0.0584. The first-order valence-corrected chi connectivity index (χ1v) is 8.23. The molecule has 0 saturated carbocycles. The summed E-state index contributed by atoms with van der Waals surface area (Å²) in [6, 6.07) is 17.2. The molecule has 0 bridgehead atoms. The Labute approximate surface area is 143 Å². The lowest BCUT2D eigenvalue weighted by Gasteiger charge is -2.06. The van der Waals surface area contributed by atoms with E-state index >= 15 is 0 Å². The molecule has 0 heterocycles. The van der Waals surface area contributed by atoms with Gasteiger partial charge in [-0.15, -0.1) is 0 Å². The number of nitrogens with one attached hydrogen (secondary N) is 1. The number of carbonyl (C=O) groups is 1. The van der Waals surface area contributed by atoms with Crippen LogP contribution in [0.1, 0.15) is 24.8 Å². The fourth-order valence-electron chi connectivity index (χ4n) is 2.16. The molecule has 24 heavy (non-hydrogen) atoms. The van der Waals surface area contributed by atoms with Gasteiger partial charge in [-0.25, -0.2) is 0 Å². The highest BCUT2D eigenvalue weighted by Gasteiger charge is 1.96. The van der Waals surface area contributed by atoms with Gasteiger partial charge in [-0.05, 0) is 55.2 Å². The second-order valence-corrected chi connectivity index (χ2v) is 5.51. The molecule has 0 radical (unpaired) electrons. The summed E-state index contributed by atoms with van der Waals surface area (Å²) < 4.78 is 5.62. The number of amides is 1. The van der Waals surface area contributed by atoms with E-state index in [0.29, 0.717) is 13.2 Å². The third-order valence-electron chi connectivity index (χ3n) is 3.50. The maximum atomic E-state index is 11.7. The minimum Gasteiger partial charge on any atom is -0.494 e. The van der Waals surface area contributed by atoms with Crippen molar-refractivity contribution in [2.75, 3.05) is 18.9 Å². The topological polar surface area (TPSA) is 64.3 Å². The smallest absolute Gasteiger partial charge is 0.243 e. The number of rotatable bonds is 9. The Kier molecular flexibility index (Phi) is 7.41. The summed E-state index contributed by atoms with van der Waals surface area (Å²) in [6.07, 6.45) is 6.29. The lowest BCUT2D eigenvalue weighted by atomic mass is 10.2. The highest BCUT2D eigenvalue weighted by Crippen LogP contribution is 2.13. The Morgan fingerprint density at radius 2 is 1.75 bits per heavy atom. The van der Waals surface area contributed by atoms with Crippen molar-refractivity contribution in [2.45, 2.75) is 19.3 Å². The van der Waals surface area contributed by atoms with Crippen molar-refractivity contribution in [2.24, 2.45) is 0 Å². The van der Waals surface area contributed by atoms with E-state index in [1.165, 1.54) is 0 Å². The standard InChI is InChI=1S/C20H24N2O2/c21-18-10-12-19(13-11-18)24-16-6-2-5-15-22-20(23)14-9-17-7-3-1-4-8-17/h1,3-4,7-14H,2,5-6,15-16,21H2,(H,22,23). The summed E-state index contributed by atoms with van der Waals surface area (Å²) >= 11 is 0. The Morgan fingerprint density at radius 3 is 2.50 bits per heavy atom.